The van der Waals surface area contributed by atoms with Gasteiger partial charge in [0.2, 0.25) is 5.91 Å². The van der Waals surface area contributed by atoms with Crippen LogP contribution in [0.15, 0.2) is 24.3 Å². The Kier molecular flexibility index (Phi) is 4.32. The summed E-state index contributed by atoms with van der Waals surface area (Å²) in [6.45, 7) is 6.32. The fourth-order valence-electron chi connectivity index (χ4n) is 4.31. The Morgan fingerprint density at radius 3 is 2.27 bits per heavy atom. The predicted octanol–water partition coefficient (Wildman–Crippen LogP) is 3.04. The van der Waals surface area contributed by atoms with Gasteiger partial charge in [-0.3, -0.25) is 4.79 Å². The van der Waals surface area contributed by atoms with E-state index in [4.69, 9.17) is 10.5 Å². The van der Waals surface area contributed by atoms with E-state index in [1.807, 2.05) is 12.1 Å². The molecule has 0 aromatic heterocycles. The van der Waals surface area contributed by atoms with Crippen molar-refractivity contribution >= 4 is 11.9 Å². The fraction of sp³-hybridized carbons (Fsp3) is 0.556. The molecule has 1 aromatic rings. The van der Waals surface area contributed by atoms with Crippen molar-refractivity contribution in [1.29, 1.82) is 0 Å². The molecule has 0 bridgehead atoms. The first-order chi connectivity index (χ1) is 10.3. The summed E-state index contributed by atoms with van der Waals surface area (Å²) in [5.74, 6) is -0.496. The van der Waals surface area contributed by atoms with Crippen LogP contribution in [0.1, 0.15) is 56.0 Å². The number of amides is 1. The summed E-state index contributed by atoms with van der Waals surface area (Å²) in [7, 11) is 1.35. The van der Waals surface area contributed by atoms with Crippen LogP contribution in [0.3, 0.4) is 0 Å². The first-order valence-electron chi connectivity index (χ1n) is 7.76. The Hall–Kier alpha value is -1.84. The number of hydrogen-bond donors (Lipinski definition) is 1. The van der Waals surface area contributed by atoms with E-state index in [-0.39, 0.29) is 23.2 Å². The number of carbonyl (C=O) groups excluding carboxylic acids is 2. The predicted molar refractivity (Wildman–Crippen MR) is 85.4 cm³/mol. The lowest BCUT2D eigenvalue weighted by molar-refractivity contribution is -0.133. The van der Waals surface area contributed by atoms with Crippen molar-refractivity contribution in [2.24, 2.45) is 17.1 Å². The van der Waals surface area contributed by atoms with Crippen LogP contribution in [0.5, 0.6) is 0 Å². The number of primary amides is 1. The molecule has 120 valence electrons. The van der Waals surface area contributed by atoms with Crippen molar-refractivity contribution in [3.05, 3.63) is 35.4 Å². The molecule has 1 saturated carbocycles. The zero-order valence-corrected chi connectivity index (χ0v) is 13.8. The van der Waals surface area contributed by atoms with E-state index in [1.54, 1.807) is 12.1 Å². The summed E-state index contributed by atoms with van der Waals surface area (Å²) < 4.78 is 4.73. The maximum absolute atomic E-state index is 12.5. The Morgan fingerprint density at radius 2 is 1.82 bits per heavy atom. The maximum Gasteiger partial charge on any atom is 0.337 e. The van der Waals surface area contributed by atoms with Gasteiger partial charge in [-0.15, -0.1) is 0 Å². The number of esters is 1. The van der Waals surface area contributed by atoms with Crippen LogP contribution in [0.25, 0.3) is 0 Å². The lowest BCUT2D eigenvalue weighted by Crippen LogP contribution is -2.58. The number of hydrogen-bond acceptors (Lipinski definition) is 3. The van der Waals surface area contributed by atoms with Gasteiger partial charge in [-0.05, 0) is 41.9 Å². The van der Waals surface area contributed by atoms with E-state index < -0.39 is 5.41 Å². The smallest absolute Gasteiger partial charge is 0.337 e. The number of methoxy groups -OCH3 is 1. The van der Waals surface area contributed by atoms with Crippen LogP contribution in [0.2, 0.25) is 0 Å². The Balaban J connectivity index is 2.56. The molecule has 0 unspecified atom stereocenters. The monoisotopic (exact) mass is 303 g/mol. The molecule has 0 heterocycles. The lowest BCUT2D eigenvalue weighted by Gasteiger charge is -2.52. The zero-order chi connectivity index (χ0) is 16.5. The van der Waals surface area contributed by atoms with Gasteiger partial charge in [0.15, 0.2) is 0 Å². The second-order valence-corrected chi connectivity index (χ2v) is 6.92. The van der Waals surface area contributed by atoms with E-state index >= 15 is 0 Å². The van der Waals surface area contributed by atoms with Gasteiger partial charge >= 0.3 is 5.97 Å². The minimum absolute atomic E-state index is 0.165. The largest absolute Gasteiger partial charge is 0.465 e. The molecule has 1 fully saturated rings. The lowest BCUT2D eigenvalue weighted by atomic mass is 9.50. The molecule has 1 aliphatic rings. The van der Waals surface area contributed by atoms with E-state index in [2.05, 4.69) is 20.8 Å². The topological polar surface area (TPSA) is 69.4 Å². The highest BCUT2D eigenvalue weighted by atomic mass is 16.5. The van der Waals surface area contributed by atoms with Gasteiger partial charge in [0.05, 0.1) is 18.1 Å². The van der Waals surface area contributed by atoms with Gasteiger partial charge in [-0.25, -0.2) is 4.79 Å². The van der Waals surface area contributed by atoms with Gasteiger partial charge in [-0.1, -0.05) is 39.3 Å². The van der Waals surface area contributed by atoms with E-state index in [9.17, 15) is 9.59 Å². The van der Waals surface area contributed by atoms with Gasteiger partial charge < -0.3 is 10.5 Å². The van der Waals surface area contributed by atoms with Crippen LogP contribution in [-0.2, 0) is 14.9 Å². The Bertz CT molecular complexity index is 576. The van der Waals surface area contributed by atoms with E-state index in [1.165, 1.54) is 7.11 Å². The molecular formula is C18H25NO3. The van der Waals surface area contributed by atoms with Crippen LogP contribution in [0, 0.1) is 11.3 Å². The molecule has 0 saturated heterocycles. The quantitative estimate of drug-likeness (QED) is 0.873. The number of benzene rings is 1. The van der Waals surface area contributed by atoms with Crippen molar-refractivity contribution in [2.45, 2.75) is 45.4 Å². The average Bonchev–Trinajstić information content (AvgIpc) is 2.46. The molecule has 2 N–H and O–H groups in total. The van der Waals surface area contributed by atoms with Crippen molar-refractivity contribution < 1.29 is 14.3 Å². The number of nitrogens with two attached hydrogens (primary N) is 1. The van der Waals surface area contributed by atoms with E-state index in [0.29, 0.717) is 5.56 Å². The van der Waals surface area contributed by atoms with Crippen LogP contribution >= 0.6 is 0 Å². The molecule has 0 aliphatic heterocycles. The van der Waals surface area contributed by atoms with Gasteiger partial charge in [0, 0.05) is 0 Å². The summed E-state index contributed by atoms with van der Waals surface area (Å²) in [6, 6.07) is 7.12. The summed E-state index contributed by atoms with van der Waals surface area (Å²) >= 11 is 0. The molecule has 0 radical (unpaired) electrons. The third-order valence-corrected chi connectivity index (χ3v) is 5.40. The summed E-state index contributed by atoms with van der Waals surface area (Å²) in [4.78, 5) is 24.1. The standard InChI is InChI=1S/C18H25NO3/c1-12-6-5-11-17(2,3)18(12,16(19)21)14-9-7-13(8-10-14)15(20)22-4/h7-10,12H,5-6,11H2,1-4H3,(H2,19,21)/t12-,18+/m0/s1. The minimum Gasteiger partial charge on any atom is -0.465 e. The normalized spacial score (nSPS) is 27.2. The first-order valence-corrected chi connectivity index (χ1v) is 7.76. The molecule has 2 atom stereocenters. The fourth-order valence-corrected chi connectivity index (χ4v) is 4.31. The Labute approximate surface area is 132 Å². The van der Waals surface area contributed by atoms with Crippen LogP contribution in [0.4, 0.5) is 0 Å². The van der Waals surface area contributed by atoms with Crippen molar-refractivity contribution in [3.63, 3.8) is 0 Å². The minimum atomic E-state index is -0.708. The molecule has 4 nitrogen and oxygen atoms in total. The van der Waals surface area contributed by atoms with Crippen molar-refractivity contribution in [2.75, 3.05) is 7.11 Å². The highest BCUT2D eigenvalue weighted by Gasteiger charge is 2.56. The second-order valence-electron chi connectivity index (χ2n) is 6.92. The number of carbonyl (C=O) groups is 2. The highest BCUT2D eigenvalue weighted by molar-refractivity contribution is 5.91. The maximum atomic E-state index is 12.5. The van der Waals surface area contributed by atoms with Crippen LogP contribution in [-0.4, -0.2) is 19.0 Å². The Morgan fingerprint density at radius 1 is 1.23 bits per heavy atom. The highest BCUT2D eigenvalue weighted by Crippen LogP contribution is 2.54. The van der Waals surface area contributed by atoms with E-state index in [0.717, 1.165) is 24.8 Å². The van der Waals surface area contributed by atoms with Gasteiger partial charge in [0.25, 0.3) is 0 Å². The SMILES string of the molecule is COC(=O)c1ccc([C@@]2(C(N)=O)[C@@H](C)CCCC2(C)C)cc1. The third kappa shape index (κ3) is 2.31. The summed E-state index contributed by atoms with van der Waals surface area (Å²) in [6.07, 6.45) is 3.04. The average molecular weight is 303 g/mol. The first kappa shape index (κ1) is 16.5. The molecule has 1 amide bonds. The van der Waals surface area contributed by atoms with Crippen molar-refractivity contribution in [3.8, 4) is 0 Å². The van der Waals surface area contributed by atoms with Crippen LogP contribution < -0.4 is 5.73 Å². The summed E-state index contributed by atoms with van der Waals surface area (Å²) in [5, 5.41) is 0. The van der Waals surface area contributed by atoms with Crippen molar-refractivity contribution in [1.82, 2.24) is 0 Å². The molecule has 1 aromatic carbocycles. The molecule has 22 heavy (non-hydrogen) atoms. The third-order valence-electron chi connectivity index (χ3n) is 5.40. The molecular weight excluding hydrogens is 278 g/mol. The number of ether oxygens (including phenoxy) is 1. The molecule has 0 spiro atoms. The second kappa shape index (κ2) is 5.75. The molecule has 4 heteroatoms. The molecule has 1 aliphatic carbocycles. The zero-order valence-electron chi connectivity index (χ0n) is 13.8. The molecule has 2 rings (SSSR count). The number of rotatable bonds is 3. The van der Waals surface area contributed by atoms with Gasteiger partial charge in [-0.2, -0.15) is 0 Å². The summed E-state index contributed by atoms with van der Waals surface area (Å²) in [5.41, 5.74) is 6.34. The van der Waals surface area contributed by atoms with Gasteiger partial charge in [0.1, 0.15) is 0 Å².